The van der Waals surface area contributed by atoms with Gasteiger partial charge in [-0.15, -0.1) is 0 Å². The predicted octanol–water partition coefficient (Wildman–Crippen LogP) is 6.22. The number of hydrogen-bond donors (Lipinski definition) is 2. The molecule has 0 aliphatic heterocycles. The van der Waals surface area contributed by atoms with Crippen LogP contribution in [0.1, 0.15) is 11.1 Å². The number of fused-ring (bicyclic) bond motifs is 1. The standard InChI is InChI=1S/C29H26N2O2/c1-20-25(22-8-3-2-4-9-22)11-6-12-26(20)23-13-14-27-28(18-23)33-29(31-27)24-10-5-7-21(17-24)19-30-15-16-32/h2-14,17-18,30,32H,15-16,19H2,1H3. The van der Waals surface area contributed by atoms with Crippen molar-refractivity contribution >= 4 is 11.1 Å². The fraction of sp³-hybridized carbons (Fsp3) is 0.138. The molecule has 0 saturated carbocycles. The molecule has 5 aromatic rings. The Kier molecular flexibility index (Phi) is 6.03. The van der Waals surface area contributed by atoms with Crippen molar-refractivity contribution < 1.29 is 9.52 Å². The van der Waals surface area contributed by atoms with Gasteiger partial charge in [-0.1, -0.05) is 66.7 Å². The average molecular weight is 435 g/mol. The summed E-state index contributed by atoms with van der Waals surface area (Å²) in [7, 11) is 0. The Balaban J connectivity index is 1.48. The van der Waals surface area contributed by atoms with Crippen molar-refractivity contribution in [2.45, 2.75) is 13.5 Å². The largest absolute Gasteiger partial charge is 0.436 e. The number of nitrogens with zero attached hydrogens (tertiary/aromatic N) is 1. The van der Waals surface area contributed by atoms with Gasteiger partial charge >= 0.3 is 0 Å². The van der Waals surface area contributed by atoms with E-state index in [0.717, 1.165) is 27.8 Å². The zero-order valence-electron chi connectivity index (χ0n) is 18.6. The number of rotatable bonds is 7. The number of aliphatic hydroxyl groups excluding tert-OH is 1. The minimum Gasteiger partial charge on any atom is -0.436 e. The van der Waals surface area contributed by atoms with Crippen LogP contribution in [0.15, 0.2) is 95.4 Å². The van der Waals surface area contributed by atoms with Crippen molar-refractivity contribution in [3.63, 3.8) is 0 Å². The normalized spacial score (nSPS) is 11.2. The van der Waals surface area contributed by atoms with Crippen LogP contribution in [-0.2, 0) is 6.54 Å². The Morgan fingerprint density at radius 3 is 2.36 bits per heavy atom. The van der Waals surface area contributed by atoms with Gasteiger partial charge in [-0.25, -0.2) is 4.98 Å². The third kappa shape index (κ3) is 4.44. The highest BCUT2D eigenvalue weighted by molar-refractivity contribution is 5.85. The predicted molar refractivity (Wildman–Crippen MR) is 134 cm³/mol. The van der Waals surface area contributed by atoms with Crippen LogP contribution in [0.3, 0.4) is 0 Å². The third-order valence-electron chi connectivity index (χ3n) is 5.91. The van der Waals surface area contributed by atoms with E-state index in [9.17, 15) is 0 Å². The molecule has 0 aliphatic carbocycles. The maximum Gasteiger partial charge on any atom is 0.227 e. The van der Waals surface area contributed by atoms with Crippen molar-refractivity contribution in [1.29, 1.82) is 0 Å². The summed E-state index contributed by atoms with van der Waals surface area (Å²) < 4.78 is 6.18. The van der Waals surface area contributed by atoms with Gasteiger partial charge < -0.3 is 14.8 Å². The summed E-state index contributed by atoms with van der Waals surface area (Å²) in [6, 6.07) is 31.3. The van der Waals surface area contributed by atoms with Crippen molar-refractivity contribution in [2.24, 2.45) is 0 Å². The van der Waals surface area contributed by atoms with E-state index in [2.05, 4.69) is 79.0 Å². The fourth-order valence-corrected chi connectivity index (χ4v) is 4.22. The smallest absolute Gasteiger partial charge is 0.227 e. The number of hydrogen-bond acceptors (Lipinski definition) is 4. The van der Waals surface area contributed by atoms with Gasteiger partial charge in [0.15, 0.2) is 5.58 Å². The first-order chi connectivity index (χ1) is 16.2. The van der Waals surface area contributed by atoms with Crippen LogP contribution < -0.4 is 5.32 Å². The maximum absolute atomic E-state index is 8.96. The fourth-order valence-electron chi connectivity index (χ4n) is 4.22. The molecule has 4 aromatic carbocycles. The molecule has 164 valence electrons. The molecule has 0 amide bonds. The van der Waals surface area contributed by atoms with Crippen LogP contribution >= 0.6 is 0 Å². The van der Waals surface area contributed by atoms with E-state index >= 15 is 0 Å². The maximum atomic E-state index is 8.96. The molecular formula is C29H26N2O2. The molecule has 0 radical (unpaired) electrons. The van der Waals surface area contributed by atoms with Crippen molar-refractivity contribution in [3.05, 3.63) is 102 Å². The second-order valence-electron chi connectivity index (χ2n) is 8.15. The lowest BCUT2D eigenvalue weighted by atomic mass is 9.93. The molecule has 0 bridgehead atoms. The zero-order valence-corrected chi connectivity index (χ0v) is 18.6. The second kappa shape index (κ2) is 9.41. The van der Waals surface area contributed by atoms with Gasteiger partial charge in [-0.05, 0) is 64.6 Å². The van der Waals surface area contributed by atoms with E-state index in [0.29, 0.717) is 19.0 Å². The molecule has 2 N–H and O–H groups in total. The van der Waals surface area contributed by atoms with E-state index in [1.54, 1.807) is 0 Å². The first-order valence-electron chi connectivity index (χ1n) is 11.2. The van der Waals surface area contributed by atoms with Gasteiger partial charge in [0, 0.05) is 18.7 Å². The molecule has 4 heteroatoms. The molecule has 0 aliphatic rings. The summed E-state index contributed by atoms with van der Waals surface area (Å²) in [4.78, 5) is 4.72. The van der Waals surface area contributed by atoms with Crippen LogP contribution in [0, 0.1) is 6.92 Å². The van der Waals surface area contributed by atoms with Crippen LogP contribution in [0.2, 0.25) is 0 Å². The van der Waals surface area contributed by atoms with E-state index in [1.807, 2.05) is 24.3 Å². The monoisotopic (exact) mass is 434 g/mol. The van der Waals surface area contributed by atoms with Crippen LogP contribution in [-0.4, -0.2) is 23.2 Å². The molecular weight excluding hydrogens is 408 g/mol. The van der Waals surface area contributed by atoms with Crippen LogP contribution in [0.25, 0.3) is 44.8 Å². The topological polar surface area (TPSA) is 58.3 Å². The molecule has 1 aromatic heterocycles. The van der Waals surface area contributed by atoms with E-state index in [-0.39, 0.29) is 6.61 Å². The number of benzene rings is 4. The quantitative estimate of drug-likeness (QED) is 0.299. The molecule has 1 heterocycles. The van der Waals surface area contributed by atoms with Crippen molar-refractivity contribution in [1.82, 2.24) is 10.3 Å². The first-order valence-corrected chi connectivity index (χ1v) is 11.2. The minimum atomic E-state index is 0.126. The SMILES string of the molecule is Cc1c(-c2ccccc2)cccc1-c1ccc2nc(-c3cccc(CNCCO)c3)oc2c1. The molecule has 4 nitrogen and oxygen atoms in total. The lowest BCUT2D eigenvalue weighted by Crippen LogP contribution is -2.17. The van der Waals surface area contributed by atoms with Crippen molar-refractivity contribution in [2.75, 3.05) is 13.2 Å². The Labute approximate surface area is 193 Å². The first kappa shape index (κ1) is 21.1. The molecule has 0 saturated heterocycles. The van der Waals surface area contributed by atoms with Gasteiger partial charge in [0.1, 0.15) is 5.52 Å². The summed E-state index contributed by atoms with van der Waals surface area (Å²) >= 11 is 0. The molecule has 0 spiro atoms. The Hall–Kier alpha value is -3.73. The summed E-state index contributed by atoms with van der Waals surface area (Å²) in [6.45, 7) is 3.56. The summed E-state index contributed by atoms with van der Waals surface area (Å²) in [6.07, 6.45) is 0. The van der Waals surface area contributed by atoms with E-state index in [1.165, 1.54) is 22.3 Å². The van der Waals surface area contributed by atoms with Crippen LogP contribution in [0.4, 0.5) is 0 Å². The number of aromatic nitrogens is 1. The van der Waals surface area contributed by atoms with Gasteiger partial charge in [-0.3, -0.25) is 0 Å². The summed E-state index contributed by atoms with van der Waals surface area (Å²) in [5.74, 6) is 0.612. The van der Waals surface area contributed by atoms with E-state index < -0.39 is 0 Å². The highest BCUT2D eigenvalue weighted by Gasteiger charge is 2.12. The Morgan fingerprint density at radius 2 is 1.55 bits per heavy atom. The highest BCUT2D eigenvalue weighted by atomic mass is 16.3. The van der Waals surface area contributed by atoms with Gasteiger partial charge in [-0.2, -0.15) is 0 Å². The molecule has 5 rings (SSSR count). The Bertz CT molecular complexity index is 1390. The summed E-state index contributed by atoms with van der Waals surface area (Å²) in [5.41, 5.74) is 9.67. The van der Waals surface area contributed by atoms with Crippen molar-refractivity contribution in [3.8, 4) is 33.7 Å². The molecule has 0 atom stereocenters. The number of oxazole rings is 1. The second-order valence-corrected chi connectivity index (χ2v) is 8.15. The zero-order chi connectivity index (χ0) is 22.6. The molecule has 33 heavy (non-hydrogen) atoms. The summed E-state index contributed by atoms with van der Waals surface area (Å²) in [5, 5.41) is 12.2. The number of nitrogens with one attached hydrogen (secondary N) is 1. The third-order valence-corrected chi connectivity index (χ3v) is 5.91. The molecule has 0 fully saturated rings. The van der Waals surface area contributed by atoms with Gasteiger partial charge in [0.2, 0.25) is 5.89 Å². The Morgan fingerprint density at radius 1 is 0.788 bits per heavy atom. The van der Waals surface area contributed by atoms with Gasteiger partial charge in [0.25, 0.3) is 0 Å². The lowest BCUT2D eigenvalue weighted by Gasteiger charge is -2.12. The number of aliphatic hydroxyl groups is 1. The van der Waals surface area contributed by atoms with Crippen LogP contribution in [0.5, 0.6) is 0 Å². The highest BCUT2D eigenvalue weighted by Crippen LogP contribution is 2.34. The molecule has 0 unspecified atom stereocenters. The average Bonchev–Trinajstić information content (AvgIpc) is 3.29. The minimum absolute atomic E-state index is 0.126. The van der Waals surface area contributed by atoms with Gasteiger partial charge in [0.05, 0.1) is 6.61 Å². The lowest BCUT2D eigenvalue weighted by molar-refractivity contribution is 0.292. The van der Waals surface area contributed by atoms with E-state index in [4.69, 9.17) is 14.5 Å².